The van der Waals surface area contributed by atoms with Gasteiger partial charge in [0.15, 0.2) is 12.5 Å². The largest absolute Gasteiger partial charge is 0.465 e. The van der Waals surface area contributed by atoms with E-state index >= 15 is 0 Å². The van der Waals surface area contributed by atoms with Gasteiger partial charge in [-0.15, -0.1) is 0 Å². The van der Waals surface area contributed by atoms with Crippen molar-refractivity contribution in [3.05, 3.63) is 59.7 Å². The first-order valence-corrected chi connectivity index (χ1v) is 7.43. The highest BCUT2D eigenvalue weighted by atomic mass is 16.5. The molecule has 22 heavy (non-hydrogen) atoms. The fourth-order valence-electron chi connectivity index (χ4n) is 2.73. The van der Waals surface area contributed by atoms with Crippen LogP contribution in [-0.2, 0) is 0 Å². The van der Waals surface area contributed by atoms with Gasteiger partial charge in [-0.25, -0.2) is 0 Å². The summed E-state index contributed by atoms with van der Waals surface area (Å²) in [5, 5.41) is 6.67. The molecule has 0 aromatic heterocycles. The molecule has 2 heterocycles. The molecular weight excluding hydrogens is 276 g/mol. The Balaban J connectivity index is 1.43. The molecule has 4 rings (SSSR count). The highest BCUT2D eigenvalue weighted by Crippen LogP contribution is 2.34. The molecule has 0 fully saturated rings. The molecule has 2 atom stereocenters. The quantitative estimate of drug-likeness (QED) is 0.826. The number of anilines is 2. The molecule has 0 spiro atoms. The summed E-state index contributed by atoms with van der Waals surface area (Å²) in [5.74, 6) is 1.78. The fraction of sp³-hybridized carbons (Fsp3) is 0.222. The summed E-state index contributed by atoms with van der Waals surface area (Å²) < 4.78 is 11.7. The van der Waals surface area contributed by atoms with Crippen molar-refractivity contribution in [1.82, 2.24) is 0 Å². The maximum Gasteiger partial charge on any atom is 0.189 e. The second-order valence-corrected chi connectivity index (χ2v) is 5.75. The number of hydrogen-bond donors (Lipinski definition) is 2. The van der Waals surface area contributed by atoms with Crippen molar-refractivity contribution in [1.29, 1.82) is 0 Å². The molecule has 0 aliphatic carbocycles. The predicted octanol–water partition coefficient (Wildman–Crippen LogP) is 3.82. The summed E-state index contributed by atoms with van der Waals surface area (Å²) in [6.45, 7) is 4.14. The molecule has 2 unspecified atom stereocenters. The molecule has 2 aromatic rings. The first kappa shape index (κ1) is 13.1. The smallest absolute Gasteiger partial charge is 0.189 e. The van der Waals surface area contributed by atoms with Crippen molar-refractivity contribution in [2.45, 2.75) is 26.3 Å². The first-order valence-electron chi connectivity index (χ1n) is 7.43. The summed E-state index contributed by atoms with van der Waals surface area (Å²) in [5.41, 5.74) is 4.50. The van der Waals surface area contributed by atoms with Gasteiger partial charge < -0.3 is 20.1 Å². The van der Waals surface area contributed by atoms with Crippen LogP contribution >= 0.6 is 0 Å². The Morgan fingerprint density at radius 2 is 1.23 bits per heavy atom. The Hall–Kier alpha value is -2.62. The van der Waals surface area contributed by atoms with Crippen LogP contribution in [0.5, 0.6) is 11.5 Å². The van der Waals surface area contributed by atoms with Crippen LogP contribution in [0.2, 0.25) is 0 Å². The zero-order valence-corrected chi connectivity index (χ0v) is 12.6. The van der Waals surface area contributed by atoms with E-state index in [1.165, 1.54) is 11.1 Å². The standard InChI is InChI=1S/C18H18N2O2/c1-11-3-5-15-13(9-11)19-17(21-15)7-8-18-20-14-10-12(2)4-6-16(14)22-18/h3-10,17-20H,1-2H3. The summed E-state index contributed by atoms with van der Waals surface area (Å²) in [7, 11) is 0. The molecule has 0 saturated heterocycles. The van der Waals surface area contributed by atoms with Crippen molar-refractivity contribution in [2.24, 2.45) is 0 Å². The van der Waals surface area contributed by atoms with Crippen LogP contribution in [0.1, 0.15) is 11.1 Å². The number of fused-ring (bicyclic) bond motifs is 2. The summed E-state index contributed by atoms with van der Waals surface area (Å²) in [6, 6.07) is 12.3. The molecule has 4 nitrogen and oxygen atoms in total. The zero-order chi connectivity index (χ0) is 15.1. The SMILES string of the molecule is Cc1ccc2c(c1)NC(C=CC1Nc3cc(C)ccc3O1)O2. The first-order chi connectivity index (χ1) is 10.7. The molecular formula is C18H18N2O2. The lowest BCUT2D eigenvalue weighted by atomic mass is 10.2. The van der Waals surface area contributed by atoms with E-state index < -0.39 is 0 Å². The lowest BCUT2D eigenvalue weighted by Gasteiger charge is -2.08. The number of hydrogen-bond acceptors (Lipinski definition) is 4. The van der Waals surface area contributed by atoms with E-state index in [4.69, 9.17) is 9.47 Å². The summed E-state index contributed by atoms with van der Waals surface area (Å²) in [4.78, 5) is 0. The van der Waals surface area contributed by atoms with E-state index in [1.54, 1.807) is 0 Å². The van der Waals surface area contributed by atoms with Crippen LogP contribution in [0.3, 0.4) is 0 Å². The van der Waals surface area contributed by atoms with Gasteiger partial charge in [-0.2, -0.15) is 0 Å². The molecule has 4 heteroatoms. The minimum Gasteiger partial charge on any atom is -0.465 e. The van der Waals surface area contributed by atoms with Crippen molar-refractivity contribution in [3.8, 4) is 11.5 Å². The average molecular weight is 294 g/mol. The normalized spacial score (nSPS) is 21.5. The number of benzene rings is 2. The van der Waals surface area contributed by atoms with Crippen LogP contribution in [0, 0.1) is 13.8 Å². The van der Waals surface area contributed by atoms with E-state index in [9.17, 15) is 0 Å². The van der Waals surface area contributed by atoms with E-state index in [-0.39, 0.29) is 12.5 Å². The molecule has 0 bridgehead atoms. The fourth-order valence-corrected chi connectivity index (χ4v) is 2.73. The molecule has 0 saturated carbocycles. The van der Waals surface area contributed by atoms with Gasteiger partial charge in [0, 0.05) is 0 Å². The van der Waals surface area contributed by atoms with Crippen molar-refractivity contribution in [2.75, 3.05) is 10.6 Å². The lowest BCUT2D eigenvalue weighted by molar-refractivity contribution is 0.287. The van der Waals surface area contributed by atoms with Gasteiger partial charge >= 0.3 is 0 Å². The van der Waals surface area contributed by atoms with Crippen LogP contribution in [0.15, 0.2) is 48.6 Å². The minimum absolute atomic E-state index is 0.160. The Morgan fingerprint density at radius 3 is 1.68 bits per heavy atom. The Kier molecular flexibility index (Phi) is 2.96. The lowest BCUT2D eigenvalue weighted by Crippen LogP contribution is -2.21. The van der Waals surface area contributed by atoms with Crippen LogP contribution < -0.4 is 20.1 Å². The molecule has 2 aliphatic rings. The third-order valence-corrected chi connectivity index (χ3v) is 3.83. The van der Waals surface area contributed by atoms with Gasteiger partial charge in [0.25, 0.3) is 0 Å². The number of rotatable bonds is 2. The van der Waals surface area contributed by atoms with E-state index in [1.807, 2.05) is 36.4 Å². The number of ether oxygens (including phenoxy) is 2. The molecule has 2 aliphatic heterocycles. The second-order valence-electron chi connectivity index (χ2n) is 5.75. The van der Waals surface area contributed by atoms with Gasteiger partial charge in [-0.05, 0) is 61.4 Å². The van der Waals surface area contributed by atoms with Crippen LogP contribution in [0.4, 0.5) is 11.4 Å². The molecule has 2 aromatic carbocycles. The molecule has 2 N–H and O–H groups in total. The third kappa shape index (κ3) is 2.37. The second kappa shape index (κ2) is 4.98. The monoisotopic (exact) mass is 294 g/mol. The highest BCUT2D eigenvalue weighted by Gasteiger charge is 2.22. The average Bonchev–Trinajstić information content (AvgIpc) is 3.07. The summed E-state index contributed by atoms with van der Waals surface area (Å²) >= 11 is 0. The highest BCUT2D eigenvalue weighted by molar-refractivity contribution is 5.63. The predicted molar refractivity (Wildman–Crippen MR) is 87.6 cm³/mol. The van der Waals surface area contributed by atoms with Crippen molar-refractivity contribution >= 4 is 11.4 Å². The maximum absolute atomic E-state index is 5.84. The third-order valence-electron chi connectivity index (χ3n) is 3.83. The molecule has 112 valence electrons. The molecule has 0 amide bonds. The van der Waals surface area contributed by atoms with Crippen LogP contribution in [0.25, 0.3) is 0 Å². The Morgan fingerprint density at radius 1 is 0.773 bits per heavy atom. The van der Waals surface area contributed by atoms with Gasteiger partial charge in [0.2, 0.25) is 0 Å². The maximum atomic E-state index is 5.84. The number of nitrogens with one attached hydrogen (secondary N) is 2. The van der Waals surface area contributed by atoms with Gasteiger partial charge in [-0.1, -0.05) is 12.1 Å². The molecule has 0 radical (unpaired) electrons. The van der Waals surface area contributed by atoms with E-state index in [0.29, 0.717) is 0 Å². The van der Waals surface area contributed by atoms with Crippen LogP contribution in [-0.4, -0.2) is 12.5 Å². The van der Waals surface area contributed by atoms with Gasteiger partial charge in [-0.3, -0.25) is 0 Å². The van der Waals surface area contributed by atoms with Gasteiger partial charge in [0.1, 0.15) is 11.5 Å². The number of aryl methyl sites for hydroxylation is 2. The van der Waals surface area contributed by atoms with E-state index in [0.717, 1.165) is 22.9 Å². The Bertz CT molecular complexity index is 691. The van der Waals surface area contributed by atoms with Crippen molar-refractivity contribution < 1.29 is 9.47 Å². The zero-order valence-electron chi connectivity index (χ0n) is 12.6. The van der Waals surface area contributed by atoms with E-state index in [2.05, 4.69) is 36.6 Å². The summed E-state index contributed by atoms with van der Waals surface area (Å²) in [6.07, 6.45) is 3.64. The Labute approximate surface area is 129 Å². The topological polar surface area (TPSA) is 42.5 Å². The van der Waals surface area contributed by atoms with Crippen molar-refractivity contribution in [3.63, 3.8) is 0 Å². The van der Waals surface area contributed by atoms with Gasteiger partial charge in [0.05, 0.1) is 11.4 Å². The minimum atomic E-state index is -0.160.